The number of alkyl halides is 3. The average molecular weight is 608 g/mol. The van der Waals surface area contributed by atoms with Crippen LogP contribution in [0.3, 0.4) is 0 Å². The smallest absolute Gasteiger partial charge is 0.416 e. The summed E-state index contributed by atoms with van der Waals surface area (Å²) < 4.78 is 56.8. The topological polar surface area (TPSA) is 97.7 Å². The number of hydrogen-bond donors (Lipinski definition) is 2. The van der Waals surface area contributed by atoms with Crippen molar-refractivity contribution in [2.45, 2.75) is 51.9 Å². The van der Waals surface area contributed by atoms with Gasteiger partial charge in [-0.3, -0.25) is 14.6 Å². The lowest BCUT2D eigenvalue weighted by molar-refractivity contribution is -0.138. The fourth-order valence-corrected chi connectivity index (χ4v) is 6.44. The molecule has 2 saturated heterocycles. The Morgan fingerprint density at radius 1 is 1.17 bits per heavy atom. The minimum atomic E-state index is -4.50. The third-order valence-electron chi connectivity index (χ3n) is 7.86. The fourth-order valence-electron chi connectivity index (χ4n) is 5.43. The normalized spacial score (nSPS) is 18.5. The van der Waals surface area contributed by atoms with Crippen LogP contribution in [-0.2, 0) is 17.5 Å². The first-order valence-corrected chi connectivity index (χ1v) is 14.7. The molecule has 0 saturated carbocycles. The van der Waals surface area contributed by atoms with Crippen LogP contribution in [0.25, 0.3) is 11.3 Å². The number of carboxylic acids is 1. The van der Waals surface area contributed by atoms with Crippen LogP contribution in [0.5, 0.6) is 0 Å². The summed E-state index contributed by atoms with van der Waals surface area (Å²) in [5.74, 6) is -1.46. The summed E-state index contributed by atoms with van der Waals surface area (Å²) in [6.45, 7) is 7.49. The van der Waals surface area contributed by atoms with Gasteiger partial charge in [-0.15, -0.1) is 0 Å². The Hall–Kier alpha value is -3.36. The average Bonchev–Trinajstić information content (AvgIpc) is 3.54. The molecule has 2 aliphatic rings. The van der Waals surface area contributed by atoms with Gasteiger partial charge >= 0.3 is 12.1 Å². The number of nitrogens with one attached hydrogen (secondary N) is 1. The molecule has 9 nitrogen and oxygen atoms in total. The highest BCUT2D eigenvalue weighted by molar-refractivity contribution is 7.16. The molecular formula is C28H33F4N7O2S. The van der Waals surface area contributed by atoms with Crippen molar-refractivity contribution in [1.29, 1.82) is 0 Å². The molecule has 0 spiro atoms. The Morgan fingerprint density at radius 2 is 1.93 bits per heavy atom. The van der Waals surface area contributed by atoms with Gasteiger partial charge < -0.3 is 15.3 Å². The molecule has 2 aliphatic heterocycles. The largest absolute Gasteiger partial charge is 0.481 e. The minimum absolute atomic E-state index is 0.0461. The Balaban J connectivity index is 1.40. The molecule has 0 bridgehead atoms. The highest BCUT2D eigenvalue weighted by Crippen LogP contribution is 2.39. The maximum atomic E-state index is 15.7. The van der Waals surface area contributed by atoms with E-state index in [2.05, 4.69) is 32.1 Å². The number of hydrogen-bond acceptors (Lipinski definition) is 9. The van der Waals surface area contributed by atoms with Crippen LogP contribution >= 0.6 is 11.3 Å². The van der Waals surface area contributed by atoms with Crippen molar-refractivity contribution in [3.05, 3.63) is 46.3 Å². The van der Waals surface area contributed by atoms with Crippen LogP contribution in [-0.4, -0.2) is 81.1 Å². The number of carboxylic acid groups (broad SMARTS) is 1. The molecule has 1 atom stereocenters. The third-order valence-corrected chi connectivity index (χ3v) is 8.82. The van der Waals surface area contributed by atoms with E-state index >= 15 is 4.39 Å². The first-order valence-electron chi connectivity index (χ1n) is 13.9. The van der Waals surface area contributed by atoms with Gasteiger partial charge in [0.1, 0.15) is 6.33 Å². The van der Waals surface area contributed by atoms with E-state index in [9.17, 15) is 18.0 Å². The van der Waals surface area contributed by atoms with Gasteiger partial charge in [-0.2, -0.15) is 17.6 Å². The van der Waals surface area contributed by atoms with Crippen LogP contribution < -0.4 is 10.2 Å². The molecule has 2 fully saturated rings. The number of piperazine rings is 1. The van der Waals surface area contributed by atoms with E-state index in [0.717, 1.165) is 30.3 Å². The number of anilines is 3. The Labute approximate surface area is 245 Å². The third kappa shape index (κ3) is 6.81. The summed E-state index contributed by atoms with van der Waals surface area (Å²) in [5.41, 5.74) is 0.202. The molecule has 5 rings (SSSR count). The number of aliphatic carboxylic acids is 1. The van der Waals surface area contributed by atoms with Crippen LogP contribution in [0.15, 0.2) is 24.5 Å². The second-order valence-corrected chi connectivity index (χ2v) is 11.8. The highest BCUT2D eigenvalue weighted by atomic mass is 32.1. The van der Waals surface area contributed by atoms with Crippen molar-refractivity contribution >= 4 is 34.1 Å². The predicted molar refractivity (Wildman–Crippen MR) is 153 cm³/mol. The van der Waals surface area contributed by atoms with Crippen molar-refractivity contribution in [1.82, 2.24) is 24.8 Å². The van der Waals surface area contributed by atoms with E-state index in [1.54, 1.807) is 11.0 Å². The Bertz CT molecular complexity index is 1430. The van der Waals surface area contributed by atoms with Gasteiger partial charge in [0.15, 0.2) is 16.8 Å². The van der Waals surface area contributed by atoms with Crippen molar-refractivity contribution in [2.24, 2.45) is 0 Å². The van der Waals surface area contributed by atoms with Gasteiger partial charge in [-0.05, 0) is 44.9 Å². The summed E-state index contributed by atoms with van der Waals surface area (Å²) in [6.07, 6.45) is -1.10. The van der Waals surface area contributed by atoms with E-state index in [1.807, 2.05) is 4.90 Å². The number of thiazole rings is 1. The lowest BCUT2D eigenvalue weighted by atomic mass is 10.0. The molecule has 0 radical (unpaired) electrons. The minimum Gasteiger partial charge on any atom is -0.481 e. The standard InChI is InChI=1S/C28H33F4N7O2S/c1-17-5-6-19(14-20(17)28(30,31)32)24-21(15-39-8-3-4-18(39)2)42-27(35-24)36-25-23(29)26(34-16-33-25)38-12-10-37(11-13-38)9-7-22(40)41/h5-6,14,16,18H,3-4,7-13,15H2,1-2H3,(H,40,41)(H,33,34,35,36)/t18-/m1/s1. The van der Waals surface area contributed by atoms with Gasteiger partial charge in [-0.1, -0.05) is 23.5 Å². The van der Waals surface area contributed by atoms with Crippen LogP contribution in [0, 0.1) is 12.7 Å². The van der Waals surface area contributed by atoms with Gasteiger partial charge in [0.2, 0.25) is 5.82 Å². The molecule has 4 heterocycles. The lowest BCUT2D eigenvalue weighted by Crippen LogP contribution is -2.47. The quantitative estimate of drug-likeness (QED) is 0.310. The van der Waals surface area contributed by atoms with Crippen LogP contribution in [0.4, 0.5) is 34.3 Å². The Morgan fingerprint density at radius 3 is 2.60 bits per heavy atom. The molecule has 14 heteroatoms. The number of carbonyl (C=O) groups is 1. The molecule has 0 aliphatic carbocycles. The first-order chi connectivity index (χ1) is 20.0. The molecule has 2 aromatic heterocycles. The van der Waals surface area contributed by atoms with Crippen molar-refractivity contribution in [3.8, 4) is 11.3 Å². The highest BCUT2D eigenvalue weighted by Gasteiger charge is 2.33. The van der Waals surface area contributed by atoms with Gasteiger partial charge in [0, 0.05) is 55.8 Å². The van der Waals surface area contributed by atoms with E-state index in [1.165, 1.54) is 30.7 Å². The van der Waals surface area contributed by atoms with Crippen molar-refractivity contribution in [3.63, 3.8) is 0 Å². The van der Waals surface area contributed by atoms with E-state index in [-0.39, 0.29) is 23.6 Å². The number of halogens is 4. The summed E-state index contributed by atoms with van der Waals surface area (Å²) in [5, 5.41) is 12.2. The second-order valence-electron chi connectivity index (χ2n) is 10.7. The van der Waals surface area contributed by atoms with E-state index in [4.69, 9.17) is 5.11 Å². The summed E-state index contributed by atoms with van der Waals surface area (Å²) in [4.78, 5) is 30.6. The molecule has 0 unspecified atom stereocenters. The monoisotopic (exact) mass is 607 g/mol. The van der Waals surface area contributed by atoms with Crippen molar-refractivity contribution < 1.29 is 27.5 Å². The summed E-state index contributed by atoms with van der Waals surface area (Å²) in [7, 11) is 0. The molecule has 3 aromatic rings. The van der Waals surface area contributed by atoms with Gasteiger partial charge in [-0.25, -0.2) is 15.0 Å². The van der Waals surface area contributed by atoms with Gasteiger partial charge in [0.05, 0.1) is 17.7 Å². The van der Waals surface area contributed by atoms with Crippen molar-refractivity contribution in [2.75, 3.05) is 49.5 Å². The maximum absolute atomic E-state index is 15.7. The lowest BCUT2D eigenvalue weighted by Gasteiger charge is -2.35. The number of likely N-dealkylation sites (tertiary alicyclic amines) is 1. The molecule has 0 amide bonds. The maximum Gasteiger partial charge on any atom is 0.416 e. The zero-order valence-corrected chi connectivity index (χ0v) is 24.2. The number of aromatic nitrogens is 3. The SMILES string of the molecule is Cc1ccc(-c2nc(Nc3ncnc(N4CCN(CCC(=O)O)CC4)c3F)sc2CN2CCC[C@H]2C)cc1C(F)(F)F. The van der Waals surface area contributed by atoms with E-state index in [0.29, 0.717) is 61.7 Å². The zero-order chi connectivity index (χ0) is 30.0. The first kappa shape index (κ1) is 30.1. The Kier molecular flexibility index (Phi) is 8.94. The summed E-state index contributed by atoms with van der Waals surface area (Å²) >= 11 is 1.27. The fraction of sp³-hybridized carbons (Fsp3) is 0.500. The van der Waals surface area contributed by atoms with Gasteiger partial charge in [0.25, 0.3) is 0 Å². The molecule has 42 heavy (non-hydrogen) atoms. The summed E-state index contributed by atoms with van der Waals surface area (Å²) in [6, 6.07) is 4.56. The van der Waals surface area contributed by atoms with E-state index < -0.39 is 23.5 Å². The second kappa shape index (κ2) is 12.5. The number of rotatable bonds is 9. The molecule has 2 N–H and O–H groups in total. The van der Waals surface area contributed by atoms with Crippen LogP contribution in [0.1, 0.15) is 42.2 Å². The van der Waals surface area contributed by atoms with Crippen LogP contribution in [0.2, 0.25) is 0 Å². The molecule has 226 valence electrons. The number of aryl methyl sites for hydroxylation is 1. The molecule has 1 aromatic carbocycles. The number of benzene rings is 1. The predicted octanol–water partition coefficient (Wildman–Crippen LogP) is 5.39. The molecular weight excluding hydrogens is 574 g/mol. The zero-order valence-electron chi connectivity index (χ0n) is 23.4. The number of nitrogens with zero attached hydrogens (tertiary/aromatic N) is 6.